The van der Waals surface area contributed by atoms with Gasteiger partial charge >= 0.3 is 5.97 Å². The summed E-state index contributed by atoms with van der Waals surface area (Å²) in [5.74, 6) is -1.02. The number of hydrogen-bond donors (Lipinski definition) is 2. The second-order valence-corrected chi connectivity index (χ2v) is 3.98. The maximum Gasteiger partial charge on any atom is 0.307 e. The maximum absolute atomic E-state index is 10.6. The first-order valence-corrected chi connectivity index (χ1v) is 4.45. The van der Waals surface area contributed by atoms with Gasteiger partial charge in [0.05, 0.1) is 11.6 Å². The Morgan fingerprint density at radius 3 is 3.00 bits per heavy atom. The lowest BCUT2D eigenvalue weighted by Gasteiger charge is -1.99. The van der Waals surface area contributed by atoms with Crippen LogP contribution in [0.2, 0.25) is 0 Å². The van der Waals surface area contributed by atoms with Crippen LogP contribution in [-0.2, 0) is 17.6 Å². The van der Waals surface area contributed by atoms with Gasteiger partial charge in [0.25, 0.3) is 0 Å². The van der Waals surface area contributed by atoms with Gasteiger partial charge in [0.1, 0.15) is 0 Å². The summed E-state index contributed by atoms with van der Waals surface area (Å²) in [4.78, 5) is 15.7. The molecule has 0 aromatic carbocycles. The summed E-state index contributed by atoms with van der Waals surface area (Å²) in [6, 6.07) is 0. The average Bonchev–Trinajstić information content (AvgIpc) is 2.42. The van der Waals surface area contributed by atoms with E-state index in [4.69, 9.17) is 10.8 Å². The number of aromatic nitrogens is 1. The Morgan fingerprint density at radius 1 is 1.67 bits per heavy atom. The van der Waals surface area contributed by atoms with Crippen LogP contribution in [0.4, 0.5) is 5.13 Å². The average molecular weight is 184 g/mol. The second kappa shape index (κ2) is 2.45. The number of carbonyl (C=O) groups is 1. The third kappa shape index (κ3) is 1.06. The number of nitrogens with zero attached hydrogens (tertiary/aromatic N) is 1. The molecule has 5 heteroatoms. The predicted molar refractivity (Wildman–Crippen MR) is 45.1 cm³/mol. The van der Waals surface area contributed by atoms with E-state index in [-0.39, 0.29) is 5.92 Å². The Balaban J connectivity index is 2.24. The molecule has 0 amide bonds. The van der Waals surface area contributed by atoms with Crippen molar-refractivity contribution < 1.29 is 9.90 Å². The zero-order valence-electron chi connectivity index (χ0n) is 6.28. The molecule has 64 valence electrons. The minimum absolute atomic E-state index is 0.278. The Kier molecular flexibility index (Phi) is 1.54. The van der Waals surface area contributed by atoms with Crippen LogP contribution in [0.1, 0.15) is 10.6 Å². The largest absolute Gasteiger partial charge is 0.481 e. The van der Waals surface area contributed by atoms with Gasteiger partial charge in [-0.3, -0.25) is 4.79 Å². The number of fused-ring (bicyclic) bond motifs is 1. The molecule has 0 bridgehead atoms. The number of nitrogen functional groups attached to an aromatic ring is 1. The molecule has 1 aromatic rings. The van der Waals surface area contributed by atoms with Crippen LogP contribution < -0.4 is 5.73 Å². The molecule has 0 spiro atoms. The molecule has 1 aliphatic carbocycles. The molecule has 3 N–H and O–H groups in total. The first-order chi connectivity index (χ1) is 5.66. The molecule has 0 radical (unpaired) electrons. The molecule has 0 aliphatic heterocycles. The smallest absolute Gasteiger partial charge is 0.307 e. The summed E-state index contributed by atoms with van der Waals surface area (Å²) in [6.45, 7) is 0. The van der Waals surface area contributed by atoms with Crippen molar-refractivity contribution in [2.45, 2.75) is 12.8 Å². The van der Waals surface area contributed by atoms with E-state index in [1.807, 2.05) is 0 Å². The van der Waals surface area contributed by atoms with Gasteiger partial charge < -0.3 is 10.8 Å². The van der Waals surface area contributed by atoms with Crippen molar-refractivity contribution in [2.75, 3.05) is 5.73 Å². The van der Waals surface area contributed by atoms with Crippen LogP contribution in [0.3, 0.4) is 0 Å². The lowest BCUT2D eigenvalue weighted by Crippen LogP contribution is -2.13. The highest BCUT2D eigenvalue weighted by atomic mass is 32.1. The molecule has 1 aliphatic rings. The normalized spacial score (nSPS) is 20.8. The van der Waals surface area contributed by atoms with Crippen LogP contribution in [0.25, 0.3) is 0 Å². The van der Waals surface area contributed by atoms with Crippen LogP contribution in [0.5, 0.6) is 0 Å². The molecule has 0 saturated heterocycles. The highest BCUT2D eigenvalue weighted by molar-refractivity contribution is 7.15. The Morgan fingerprint density at radius 2 is 2.42 bits per heavy atom. The van der Waals surface area contributed by atoms with Crippen molar-refractivity contribution in [2.24, 2.45) is 5.92 Å². The third-order valence-corrected chi connectivity index (χ3v) is 2.96. The number of anilines is 1. The predicted octanol–water partition coefficient (Wildman–Crippen LogP) is 0.525. The number of carboxylic acid groups (broad SMARTS) is 1. The standard InChI is InChI=1S/C7H8N2O2S/c8-7-9-4-1-3(6(10)11)2-5(4)12-7/h3H,1-2H2,(H2,8,9)(H,10,11)/t3-/m1/s1. The Hall–Kier alpha value is -1.10. The summed E-state index contributed by atoms with van der Waals surface area (Å²) in [5.41, 5.74) is 6.35. The van der Waals surface area contributed by atoms with Crippen molar-refractivity contribution in [3.05, 3.63) is 10.6 Å². The molecular weight excluding hydrogens is 176 g/mol. The molecule has 12 heavy (non-hydrogen) atoms. The first-order valence-electron chi connectivity index (χ1n) is 3.63. The number of rotatable bonds is 1. The van der Waals surface area contributed by atoms with E-state index in [0.717, 1.165) is 10.6 Å². The second-order valence-electron chi connectivity index (χ2n) is 2.87. The first kappa shape index (κ1) is 7.54. The van der Waals surface area contributed by atoms with E-state index in [1.54, 1.807) is 0 Å². The van der Waals surface area contributed by atoms with Gasteiger partial charge in [0.15, 0.2) is 5.13 Å². The van der Waals surface area contributed by atoms with Crippen molar-refractivity contribution >= 4 is 22.4 Å². The van der Waals surface area contributed by atoms with E-state index in [9.17, 15) is 4.79 Å². The minimum atomic E-state index is -0.737. The molecule has 1 aromatic heterocycles. The van der Waals surface area contributed by atoms with Crippen molar-refractivity contribution in [1.29, 1.82) is 0 Å². The molecule has 0 unspecified atom stereocenters. The minimum Gasteiger partial charge on any atom is -0.481 e. The van der Waals surface area contributed by atoms with E-state index >= 15 is 0 Å². The molecular formula is C7H8N2O2S. The van der Waals surface area contributed by atoms with E-state index in [0.29, 0.717) is 18.0 Å². The van der Waals surface area contributed by atoms with Crippen molar-refractivity contribution in [3.8, 4) is 0 Å². The number of carboxylic acids is 1. The zero-order chi connectivity index (χ0) is 8.72. The Bertz CT molecular complexity index is 311. The quantitative estimate of drug-likeness (QED) is 0.667. The van der Waals surface area contributed by atoms with Gasteiger partial charge in [0, 0.05) is 11.3 Å². The molecule has 4 nitrogen and oxygen atoms in total. The molecule has 2 rings (SSSR count). The topological polar surface area (TPSA) is 76.2 Å². The van der Waals surface area contributed by atoms with E-state index in [2.05, 4.69) is 4.98 Å². The summed E-state index contributed by atoms with van der Waals surface area (Å²) >= 11 is 1.40. The summed E-state index contributed by atoms with van der Waals surface area (Å²) in [7, 11) is 0. The third-order valence-electron chi connectivity index (χ3n) is 2.02. The number of nitrogens with two attached hydrogens (primary N) is 1. The zero-order valence-corrected chi connectivity index (χ0v) is 7.10. The van der Waals surface area contributed by atoms with Crippen LogP contribution in [0, 0.1) is 5.92 Å². The monoisotopic (exact) mass is 184 g/mol. The van der Waals surface area contributed by atoms with E-state index < -0.39 is 5.97 Å². The van der Waals surface area contributed by atoms with Crippen molar-refractivity contribution in [3.63, 3.8) is 0 Å². The summed E-state index contributed by atoms with van der Waals surface area (Å²) < 4.78 is 0. The Labute approximate surface area is 73.0 Å². The fourth-order valence-electron chi connectivity index (χ4n) is 1.43. The van der Waals surface area contributed by atoms with Gasteiger partial charge in [-0.1, -0.05) is 0 Å². The van der Waals surface area contributed by atoms with Gasteiger partial charge in [-0.2, -0.15) is 0 Å². The van der Waals surface area contributed by atoms with Crippen LogP contribution in [0.15, 0.2) is 0 Å². The number of hydrogen-bond acceptors (Lipinski definition) is 4. The number of thiazole rings is 1. The highest BCUT2D eigenvalue weighted by Crippen LogP contribution is 2.32. The maximum atomic E-state index is 10.6. The van der Waals surface area contributed by atoms with Crippen LogP contribution >= 0.6 is 11.3 Å². The summed E-state index contributed by atoms with van der Waals surface area (Å²) in [5, 5.41) is 9.26. The molecule has 0 fully saturated rings. The van der Waals surface area contributed by atoms with Gasteiger partial charge in [-0.15, -0.1) is 11.3 Å². The summed E-state index contributed by atoms with van der Waals surface area (Å²) in [6.07, 6.45) is 1.14. The van der Waals surface area contributed by atoms with Gasteiger partial charge in [-0.25, -0.2) is 4.98 Å². The lowest BCUT2D eigenvalue weighted by molar-refractivity contribution is -0.141. The molecule has 0 saturated carbocycles. The van der Waals surface area contributed by atoms with Gasteiger partial charge in [-0.05, 0) is 6.42 Å². The van der Waals surface area contributed by atoms with E-state index in [1.165, 1.54) is 11.3 Å². The highest BCUT2D eigenvalue weighted by Gasteiger charge is 2.29. The molecule has 1 atom stereocenters. The fraction of sp³-hybridized carbons (Fsp3) is 0.429. The lowest BCUT2D eigenvalue weighted by atomic mass is 10.1. The SMILES string of the molecule is Nc1nc2c(s1)C[C@H](C(=O)O)C2. The fourth-order valence-corrected chi connectivity index (χ4v) is 2.37. The van der Waals surface area contributed by atoms with Gasteiger partial charge in [0.2, 0.25) is 0 Å². The number of aliphatic carboxylic acids is 1. The van der Waals surface area contributed by atoms with Crippen molar-refractivity contribution in [1.82, 2.24) is 4.98 Å². The molecule has 1 heterocycles. The van der Waals surface area contributed by atoms with Crippen LogP contribution in [-0.4, -0.2) is 16.1 Å².